The molecule has 2 saturated heterocycles. The molecule has 0 saturated carbocycles. The molecule has 0 bridgehead atoms. The van der Waals surface area contributed by atoms with E-state index in [1.165, 1.54) is 33.0 Å². The van der Waals surface area contributed by atoms with E-state index in [9.17, 15) is 4.79 Å². The minimum absolute atomic E-state index is 0.0245. The van der Waals surface area contributed by atoms with Crippen LogP contribution in [0.5, 0.6) is 0 Å². The van der Waals surface area contributed by atoms with E-state index in [0.717, 1.165) is 19.5 Å². The van der Waals surface area contributed by atoms with E-state index in [4.69, 9.17) is 4.74 Å². The largest absolute Gasteiger partial charge is 0.468 e. The zero-order chi connectivity index (χ0) is 12.5. The number of carbonyl (C=O) groups is 1. The standard InChI is InChI=1S/C13H24N2O2/c1-13(5-8-14(2)9-6-13)10-15-7-4-11(15)12(16)17-3/h11H,4-10H2,1-3H3. The Morgan fingerprint density at radius 2 is 2.00 bits per heavy atom. The van der Waals surface area contributed by atoms with Gasteiger partial charge in [0, 0.05) is 13.1 Å². The maximum Gasteiger partial charge on any atom is 0.323 e. The molecule has 1 unspecified atom stereocenters. The fourth-order valence-corrected chi connectivity index (χ4v) is 2.84. The molecule has 2 aliphatic rings. The second-order valence-corrected chi connectivity index (χ2v) is 5.91. The topological polar surface area (TPSA) is 32.8 Å². The first-order valence-corrected chi connectivity index (χ1v) is 6.54. The maximum atomic E-state index is 11.5. The van der Waals surface area contributed by atoms with Crippen molar-refractivity contribution in [2.24, 2.45) is 5.41 Å². The summed E-state index contributed by atoms with van der Waals surface area (Å²) in [5.41, 5.74) is 0.374. The van der Waals surface area contributed by atoms with E-state index in [-0.39, 0.29) is 12.0 Å². The molecule has 0 spiro atoms. The Balaban J connectivity index is 1.86. The van der Waals surface area contributed by atoms with Gasteiger partial charge in [0.2, 0.25) is 0 Å². The van der Waals surface area contributed by atoms with Gasteiger partial charge >= 0.3 is 5.97 Å². The molecule has 2 fully saturated rings. The third-order valence-corrected chi connectivity index (χ3v) is 4.38. The molecule has 0 N–H and O–H groups in total. The van der Waals surface area contributed by atoms with Crippen molar-refractivity contribution in [3.8, 4) is 0 Å². The first kappa shape index (κ1) is 12.8. The fourth-order valence-electron chi connectivity index (χ4n) is 2.84. The molecule has 0 aliphatic carbocycles. The van der Waals surface area contributed by atoms with Crippen LogP contribution < -0.4 is 0 Å². The van der Waals surface area contributed by atoms with Gasteiger partial charge < -0.3 is 9.64 Å². The lowest BCUT2D eigenvalue weighted by Gasteiger charge is -2.47. The molecule has 0 aromatic carbocycles. The highest BCUT2D eigenvalue weighted by Crippen LogP contribution is 2.34. The number of piperidine rings is 1. The van der Waals surface area contributed by atoms with Gasteiger partial charge in [-0.15, -0.1) is 0 Å². The summed E-state index contributed by atoms with van der Waals surface area (Å²) in [6, 6.07) is 0.0245. The highest BCUT2D eigenvalue weighted by atomic mass is 16.5. The summed E-state index contributed by atoms with van der Waals surface area (Å²) in [6.45, 7) is 6.79. The SMILES string of the molecule is COC(=O)C1CCN1CC1(C)CCN(C)CC1. The van der Waals surface area contributed by atoms with E-state index in [2.05, 4.69) is 23.8 Å². The van der Waals surface area contributed by atoms with Gasteiger partial charge in [-0.2, -0.15) is 0 Å². The van der Waals surface area contributed by atoms with Crippen molar-refractivity contribution in [3.05, 3.63) is 0 Å². The lowest BCUT2D eigenvalue weighted by molar-refractivity contribution is -0.153. The number of esters is 1. The van der Waals surface area contributed by atoms with Crippen molar-refractivity contribution in [3.63, 3.8) is 0 Å². The molecule has 2 aliphatic heterocycles. The van der Waals surface area contributed by atoms with Crippen molar-refractivity contribution < 1.29 is 9.53 Å². The first-order chi connectivity index (χ1) is 8.04. The van der Waals surface area contributed by atoms with Crippen LogP contribution in [0, 0.1) is 5.41 Å². The second-order valence-electron chi connectivity index (χ2n) is 5.91. The van der Waals surface area contributed by atoms with Crippen molar-refractivity contribution in [2.75, 3.05) is 40.3 Å². The number of rotatable bonds is 3. The van der Waals surface area contributed by atoms with Gasteiger partial charge in [-0.1, -0.05) is 6.92 Å². The number of carbonyl (C=O) groups excluding carboxylic acids is 1. The number of hydrogen-bond acceptors (Lipinski definition) is 4. The Kier molecular flexibility index (Phi) is 3.73. The average Bonchev–Trinajstić information content (AvgIpc) is 2.29. The Bertz CT molecular complexity index is 285. The highest BCUT2D eigenvalue weighted by Gasteiger charge is 2.40. The van der Waals surface area contributed by atoms with Crippen LogP contribution in [-0.4, -0.2) is 62.1 Å². The molecule has 2 heterocycles. The molecular weight excluding hydrogens is 216 g/mol. The second kappa shape index (κ2) is 4.94. The Labute approximate surface area is 104 Å². The molecule has 1 atom stereocenters. The molecule has 0 aromatic heterocycles. The number of ether oxygens (including phenoxy) is 1. The smallest absolute Gasteiger partial charge is 0.323 e. The molecule has 0 radical (unpaired) electrons. The third kappa shape index (κ3) is 2.80. The van der Waals surface area contributed by atoms with E-state index in [1.807, 2.05) is 0 Å². The van der Waals surface area contributed by atoms with Crippen LogP contribution in [0.3, 0.4) is 0 Å². The van der Waals surface area contributed by atoms with E-state index in [0.29, 0.717) is 5.41 Å². The van der Waals surface area contributed by atoms with Crippen LogP contribution in [0.15, 0.2) is 0 Å². The van der Waals surface area contributed by atoms with Gasteiger partial charge in [-0.05, 0) is 44.8 Å². The lowest BCUT2D eigenvalue weighted by atomic mass is 9.79. The summed E-state index contributed by atoms with van der Waals surface area (Å²) in [5, 5.41) is 0. The summed E-state index contributed by atoms with van der Waals surface area (Å²) in [4.78, 5) is 16.2. The van der Waals surface area contributed by atoms with Crippen molar-refractivity contribution in [1.82, 2.24) is 9.80 Å². The summed E-state index contributed by atoms with van der Waals surface area (Å²) in [5.74, 6) is -0.0622. The van der Waals surface area contributed by atoms with Crippen LogP contribution in [0.4, 0.5) is 0 Å². The van der Waals surface area contributed by atoms with Crippen molar-refractivity contribution >= 4 is 5.97 Å². The third-order valence-electron chi connectivity index (χ3n) is 4.38. The molecule has 0 aromatic rings. The first-order valence-electron chi connectivity index (χ1n) is 6.54. The Morgan fingerprint density at radius 3 is 2.47 bits per heavy atom. The number of methoxy groups -OCH3 is 1. The zero-order valence-electron chi connectivity index (χ0n) is 11.2. The molecular formula is C13H24N2O2. The van der Waals surface area contributed by atoms with Crippen LogP contribution in [0.25, 0.3) is 0 Å². The van der Waals surface area contributed by atoms with Gasteiger partial charge in [0.05, 0.1) is 7.11 Å². The van der Waals surface area contributed by atoms with Crippen LogP contribution >= 0.6 is 0 Å². The van der Waals surface area contributed by atoms with E-state index in [1.54, 1.807) is 0 Å². The minimum atomic E-state index is -0.0622. The molecule has 17 heavy (non-hydrogen) atoms. The Hall–Kier alpha value is -0.610. The lowest BCUT2D eigenvalue weighted by Crippen LogP contribution is -2.57. The predicted octanol–water partition coefficient (Wildman–Crippen LogP) is 0.966. The number of nitrogens with zero attached hydrogens (tertiary/aromatic N) is 2. The monoisotopic (exact) mass is 240 g/mol. The summed E-state index contributed by atoms with van der Waals surface area (Å²) in [7, 11) is 3.66. The number of hydrogen-bond donors (Lipinski definition) is 0. The maximum absolute atomic E-state index is 11.5. The molecule has 4 heteroatoms. The van der Waals surface area contributed by atoms with Gasteiger partial charge in [0.25, 0.3) is 0 Å². The van der Waals surface area contributed by atoms with Gasteiger partial charge in [-0.3, -0.25) is 9.69 Å². The number of likely N-dealkylation sites (tertiary alicyclic amines) is 2. The van der Waals surface area contributed by atoms with Crippen LogP contribution in [-0.2, 0) is 9.53 Å². The Morgan fingerprint density at radius 1 is 1.35 bits per heavy atom. The molecule has 2 rings (SSSR count). The minimum Gasteiger partial charge on any atom is -0.468 e. The van der Waals surface area contributed by atoms with Gasteiger partial charge in [0.1, 0.15) is 6.04 Å². The van der Waals surface area contributed by atoms with E-state index >= 15 is 0 Å². The molecule has 4 nitrogen and oxygen atoms in total. The van der Waals surface area contributed by atoms with Gasteiger partial charge in [0.15, 0.2) is 0 Å². The fraction of sp³-hybridized carbons (Fsp3) is 0.923. The molecule has 98 valence electrons. The quantitative estimate of drug-likeness (QED) is 0.688. The molecule has 0 amide bonds. The van der Waals surface area contributed by atoms with Crippen molar-refractivity contribution in [1.29, 1.82) is 0 Å². The average molecular weight is 240 g/mol. The summed E-state index contributed by atoms with van der Waals surface area (Å²) < 4.78 is 4.83. The predicted molar refractivity (Wildman–Crippen MR) is 66.8 cm³/mol. The normalized spacial score (nSPS) is 29.7. The van der Waals surface area contributed by atoms with Crippen LogP contribution in [0.1, 0.15) is 26.2 Å². The highest BCUT2D eigenvalue weighted by molar-refractivity contribution is 5.76. The zero-order valence-corrected chi connectivity index (χ0v) is 11.2. The van der Waals surface area contributed by atoms with Crippen molar-refractivity contribution in [2.45, 2.75) is 32.2 Å². The van der Waals surface area contributed by atoms with Gasteiger partial charge in [-0.25, -0.2) is 0 Å². The summed E-state index contributed by atoms with van der Waals surface area (Å²) >= 11 is 0. The van der Waals surface area contributed by atoms with E-state index < -0.39 is 0 Å². The summed E-state index contributed by atoms with van der Waals surface area (Å²) in [6.07, 6.45) is 3.42. The van der Waals surface area contributed by atoms with Crippen LogP contribution in [0.2, 0.25) is 0 Å².